The van der Waals surface area contributed by atoms with E-state index < -0.39 is 6.10 Å². The molecule has 0 amide bonds. The molecule has 0 bridgehead atoms. The summed E-state index contributed by atoms with van der Waals surface area (Å²) in [6.07, 6.45) is 0.393. The Morgan fingerprint density at radius 1 is 1.47 bits per heavy atom. The van der Waals surface area contributed by atoms with Crippen LogP contribution in [0, 0.1) is 0 Å². The molecule has 2 unspecified atom stereocenters. The zero-order valence-corrected chi connectivity index (χ0v) is 9.53. The van der Waals surface area contributed by atoms with Crippen LogP contribution in [0.1, 0.15) is 25.0 Å². The zero-order chi connectivity index (χ0) is 11.3. The summed E-state index contributed by atoms with van der Waals surface area (Å²) in [6, 6.07) is 7.62. The second kappa shape index (κ2) is 5.73. The maximum Gasteiger partial charge on any atom is 0.119 e. The van der Waals surface area contributed by atoms with Crippen molar-refractivity contribution < 1.29 is 9.84 Å². The van der Waals surface area contributed by atoms with E-state index in [0.717, 1.165) is 17.7 Å². The molecule has 0 saturated carbocycles. The molecule has 0 spiro atoms. The Hall–Kier alpha value is -1.06. The van der Waals surface area contributed by atoms with Crippen LogP contribution < -0.4 is 10.1 Å². The van der Waals surface area contributed by atoms with Crippen molar-refractivity contribution in [2.45, 2.75) is 25.5 Å². The van der Waals surface area contributed by atoms with Crippen molar-refractivity contribution in [2.75, 3.05) is 14.2 Å². The molecule has 0 fully saturated rings. The number of methoxy groups -OCH3 is 1. The second-order valence-electron chi connectivity index (χ2n) is 3.52. The van der Waals surface area contributed by atoms with Crippen molar-refractivity contribution in [1.82, 2.24) is 5.32 Å². The van der Waals surface area contributed by atoms with Crippen molar-refractivity contribution in [1.29, 1.82) is 0 Å². The third-order valence-electron chi connectivity index (χ3n) is 2.63. The molecule has 3 heteroatoms. The van der Waals surface area contributed by atoms with Gasteiger partial charge in [-0.3, -0.25) is 0 Å². The van der Waals surface area contributed by atoms with Crippen LogP contribution in [0.5, 0.6) is 5.75 Å². The number of hydrogen-bond donors (Lipinski definition) is 2. The Morgan fingerprint density at radius 3 is 2.73 bits per heavy atom. The number of likely N-dealkylation sites (N-methyl/N-ethyl adjacent to an activating group) is 1. The topological polar surface area (TPSA) is 41.5 Å². The van der Waals surface area contributed by atoms with Gasteiger partial charge in [0.1, 0.15) is 5.75 Å². The lowest BCUT2D eigenvalue weighted by Gasteiger charge is -2.21. The molecule has 3 nitrogen and oxygen atoms in total. The third kappa shape index (κ3) is 2.94. The normalized spacial score (nSPS) is 14.7. The molecule has 0 aliphatic heterocycles. The Kier molecular flexibility index (Phi) is 4.59. The molecule has 2 atom stereocenters. The zero-order valence-electron chi connectivity index (χ0n) is 9.53. The number of ether oxygens (including phenoxy) is 1. The number of nitrogens with one attached hydrogen (secondary N) is 1. The van der Waals surface area contributed by atoms with Crippen molar-refractivity contribution in [3.8, 4) is 5.75 Å². The van der Waals surface area contributed by atoms with E-state index in [0.29, 0.717) is 0 Å². The molecule has 1 aromatic carbocycles. The highest BCUT2D eigenvalue weighted by molar-refractivity contribution is 5.30. The van der Waals surface area contributed by atoms with E-state index >= 15 is 0 Å². The van der Waals surface area contributed by atoms with Gasteiger partial charge < -0.3 is 15.2 Å². The summed E-state index contributed by atoms with van der Waals surface area (Å²) < 4.78 is 5.12. The van der Waals surface area contributed by atoms with Crippen molar-refractivity contribution in [3.05, 3.63) is 29.8 Å². The van der Waals surface area contributed by atoms with Crippen molar-refractivity contribution in [3.63, 3.8) is 0 Å². The van der Waals surface area contributed by atoms with Gasteiger partial charge in [0, 0.05) is 6.04 Å². The van der Waals surface area contributed by atoms with Gasteiger partial charge in [-0.25, -0.2) is 0 Å². The molecule has 2 N–H and O–H groups in total. The summed E-state index contributed by atoms with van der Waals surface area (Å²) in [4.78, 5) is 0. The lowest BCUT2D eigenvalue weighted by Crippen LogP contribution is -2.31. The highest BCUT2D eigenvalue weighted by Gasteiger charge is 2.17. The first-order valence-electron chi connectivity index (χ1n) is 5.22. The van der Waals surface area contributed by atoms with Crippen LogP contribution in [-0.2, 0) is 0 Å². The Balaban J connectivity index is 2.84. The highest BCUT2D eigenvalue weighted by Crippen LogP contribution is 2.22. The summed E-state index contributed by atoms with van der Waals surface area (Å²) in [5, 5.41) is 13.2. The highest BCUT2D eigenvalue weighted by atomic mass is 16.5. The predicted octanol–water partition coefficient (Wildman–Crippen LogP) is 1.73. The van der Waals surface area contributed by atoms with E-state index in [4.69, 9.17) is 4.74 Å². The maximum atomic E-state index is 10.1. The average molecular weight is 209 g/mol. The summed E-state index contributed by atoms with van der Waals surface area (Å²) >= 11 is 0. The standard InChI is InChI=1S/C12H19NO2/c1-4-11(13-2)12(14)9-6-5-7-10(8-9)15-3/h5-8,11-14H,4H2,1-3H3. The fourth-order valence-corrected chi connectivity index (χ4v) is 1.64. The molecule has 15 heavy (non-hydrogen) atoms. The van der Waals surface area contributed by atoms with Crippen molar-refractivity contribution >= 4 is 0 Å². The molecular weight excluding hydrogens is 190 g/mol. The third-order valence-corrected chi connectivity index (χ3v) is 2.63. The van der Waals surface area contributed by atoms with E-state index in [1.165, 1.54) is 0 Å². The Morgan fingerprint density at radius 2 is 2.20 bits per heavy atom. The van der Waals surface area contributed by atoms with Gasteiger partial charge in [-0.2, -0.15) is 0 Å². The van der Waals surface area contributed by atoms with Gasteiger partial charge in [-0.15, -0.1) is 0 Å². The van der Waals surface area contributed by atoms with Crippen LogP contribution in [-0.4, -0.2) is 25.3 Å². The molecule has 0 aromatic heterocycles. The molecule has 0 heterocycles. The minimum atomic E-state index is -0.491. The smallest absolute Gasteiger partial charge is 0.119 e. The van der Waals surface area contributed by atoms with Gasteiger partial charge in [-0.05, 0) is 31.2 Å². The molecule has 1 aromatic rings. The molecule has 0 aliphatic rings. The molecule has 0 aliphatic carbocycles. The van der Waals surface area contributed by atoms with E-state index in [2.05, 4.69) is 5.32 Å². The molecule has 0 saturated heterocycles. The first-order chi connectivity index (χ1) is 7.22. The fraction of sp³-hybridized carbons (Fsp3) is 0.500. The van der Waals surface area contributed by atoms with Crippen molar-refractivity contribution in [2.24, 2.45) is 0 Å². The Bertz CT molecular complexity index is 297. The lowest BCUT2D eigenvalue weighted by atomic mass is 10.0. The number of benzene rings is 1. The lowest BCUT2D eigenvalue weighted by molar-refractivity contribution is 0.130. The number of aliphatic hydroxyl groups excluding tert-OH is 1. The summed E-state index contributed by atoms with van der Waals surface area (Å²) in [6.45, 7) is 2.05. The minimum absolute atomic E-state index is 0.0807. The predicted molar refractivity (Wildman–Crippen MR) is 61.1 cm³/mol. The van der Waals surface area contributed by atoms with Gasteiger partial charge >= 0.3 is 0 Å². The van der Waals surface area contributed by atoms with Crippen LogP contribution in [0.15, 0.2) is 24.3 Å². The summed E-state index contributed by atoms with van der Waals surface area (Å²) in [7, 11) is 3.48. The second-order valence-corrected chi connectivity index (χ2v) is 3.52. The molecule has 0 radical (unpaired) electrons. The SMILES string of the molecule is CCC(NC)C(O)c1cccc(OC)c1. The number of rotatable bonds is 5. The van der Waals surface area contributed by atoms with Gasteiger partial charge in [0.05, 0.1) is 13.2 Å². The monoisotopic (exact) mass is 209 g/mol. The van der Waals surface area contributed by atoms with Crippen LogP contribution in [0.3, 0.4) is 0 Å². The van der Waals surface area contributed by atoms with E-state index in [1.807, 2.05) is 38.2 Å². The van der Waals surface area contributed by atoms with Gasteiger partial charge in [0.25, 0.3) is 0 Å². The largest absolute Gasteiger partial charge is 0.497 e. The quantitative estimate of drug-likeness (QED) is 0.776. The number of aliphatic hydroxyl groups is 1. The van der Waals surface area contributed by atoms with E-state index in [-0.39, 0.29) is 6.04 Å². The molecule has 84 valence electrons. The maximum absolute atomic E-state index is 10.1. The van der Waals surface area contributed by atoms with Gasteiger partial charge in [0.15, 0.2) is 0 Å². The average Bonchev–Trinajstić information content (AvgIpc) is 2.30. The first-order valence-corrected chi connectivity index (χ1v) is 5.22. The van der Waals surface area contributed by atoms with Crippen LogP contribution in [0.25, 0.3) is 0 Å². The van der Waals surface area contributed by atoms with Gasteiger partial charge in [-0.1, -0.05) is 19.1 Å². The van der Waals surface area contributed by atoms with Crippen LogP contribution in [0.2, 0.25) is 0 Å². The fourth-order valence-electron chi connectivity index (χ4n) is 1.64. The summed E-state index contributed by atoms with van der Waals surface area (Å²) in [5.41, 5.74) is 0.885. The van der Waals surface area contributed by atoms with E-state index in [1.54, 1.807) is 7.11 Å². The number of hydrogen-bond acceptors (Lipinski definition) is 3. The molecule has 1 rings (SSSR count). The first kappa shape index (κ1) is 12.0. The Labute approximate surface area is 91.1 Å². The minimum Gasteiger partial charge on any atom is -0.497 e. The summed E-state index contributed by atoms with van der Waals surface area (Å²) in [5.74, 6) is 0.775. The molecular formula is C12H19NO2. The van der Waals surface area contributed by atoms with E-state index in [9.17, 15) is 5.11 Å². The van der Waals surface area contributed by atoms with Gasteiger partial charge in [0.2, 0.25) is 0 Å². The van der Waals surface area contributed by atoms with Crippen LogP contribution >= 0.6 is 0 Å². The van der Waals surface area contributed by atoms with Crippen LogP contribution in [0.4, 0.5) is 0 Å².